The lowest BCUT2D eigenvalue weighted by Gasteiger charge is -2.38. The number of esters is 1. The Kier molecular flexibility index (Phi) is 3.88. The van der Waals surface area contributed by atoms with Crippen molar-refractivity contribution in [2.45, 2.75) is 12.9 Å². The van der Waals surface area contributed by atoms with E-state index in [0.717, 1.165) is 0 Å². The fraction of sp³-hybridized carbons (Fsp3) is 0.857. The Morgan fingerprint density at radius 1 is 1.64 bits per heavy atom. The second-order valence-electron chi connectivity index (χ2n) is 3.40. The lowest BCUT2D eigenvalue weighted by molar-refractivity contribution is -0.147. The van der Waals surface area contributed by atoms with Gasteiger partial charge < -0.3 is 14.6 Å². The molecule has 14 heavy (non-hydrogen) atoms. The first-order valence-electron chi connectivity index (χ1n) is 4.57. The van der Waals surface area contributed by atoms with Crippen molar-refractivity contribution in [3.63, 3.8) is 0 Å². The number of ether oxygens (including phenoxy) is 1. The molecule has 1 saturated heterocycles. The number of rotatable bonds is 2. The zero-order chi connectivity index (χ0) is 10.7. The average molecular weight is 201 g/mol. The van der Waals surface area contributed by atoms with Crippen molar-refractivity contribution >= 4 is 13.0 Å². The molecule has 3 N–H and O–H groups in total. The third-order valence-corrected chi connectivity index (χ3v) is 2.41. The van der Waals surface area contributed by atoms with Crippen LogP contribution in [-0.2, 0) is 9.53 Å². The maximum Gasteiger partial charge on any atom is 0.377 e. The Labute approximate surface area is 83.7 Å². The summed E-state index contributed by atoms with van der Waals surface area (Å²) in [7, 11) is 0.672. The minimum atomic E-state index is -0.659. The van der Waals surface area contributed by atoms with Crippen LogP contribution in [0.5, 0.6) is 0 Å². The number of piperazine rings is 1. The Hall–Kier alpha value is -0.625. The van der Waals surface area contributed by atoms with E-state index >= 15 is 0 Å². The van der Waals surface area contributed by atoms with Gasteiger partial charge in [0.2, 0.25) is 0 Å². The molecule has 1 aliphatic rings. The number of methoxy groups -OCH3 is 1. The van der Waals surface area contributed by atoms with Crippen LogP contribution >= 0.6 is 0 Å². The van der Waals surface area contributed by atoms with Gasteiger partial charge in [0, 0.05) is 19.6 Å². The van der Waals surface area contributed by atoms with Gasteiger partial charge in [-0.2, -0.15) is 0 Å². The van der Waals surface area contributed by atoms with Gasteiger partial charge in [-0.25, -0.2) is 5.01 Å². The third-order valence-electron chi connectivity index (χ3n) is 2.41. The first kappa shape index (κ1) is 11.4. The molecule has 1 heterocycles. The van der Waals surface area contributed by atoms with Crippen LogP contribution in [0.3, 0.4) is 0 Å². The largest absolute Gasteiger partial charge is 0.468 e. The summed E-state index contributed by atoms with van der Waals surface area (Å²) >= 11 is 0. The highest BCUT2D eigenvalue weighted by molar-refractivity contribution is 6.45. The predicted octanol–water partition coefficient (Wildman–Crippen LogP) is -1.87. The lowest BCUT2D eigenvalue weighted by Crippen LogP contribution is -2.62. The quantitative estimate of drug-likeness (QED) is 0.309. The number of nitrogens with zero attached hydrogens (tertiary/aromatic N) is 2. The molecule has 0 amide bonds. The number of carbonyl (C=O) groups excluding carboxylic acids is 1. The standard InChI is InChI=1S/C7H16BN3O3/c1-8(13)11-4-3-10(9)5-6(11)7(12)14-2/h6,13H,3-5,9H2,1-2H3/t6-/m1/s1. The maximum absolute atomic E-state index is 11.4. The number of nitrogens with two attached hydrogens (primary N) is 1. The summed E-state index contributed by atoms with van der Waals surface area (Å²) in [6.45, 7) is 3.21. The fourth-order valence-electron chi connectivity index (χ4n) is 1.61. The second kappa shape index (κ2) is 4.74. The molecule has 0 aromatic rings. The van der Waals surface area contributed by atoms with Crippen LogP contribution in [0.15, 0.2) is 0 Å². The van der Waals surface area contributed by atoms with Crippen LogP contribution in [-0.4, -0.2) is 60.6 Å². The van der Waals surface area contributed by atoms with E-state index in [1.54, 1.807) is 16.6 Å². The lowest BCUT2D eigenvalue weighted by atomic mass is 9.82. The van der Waals surface area contributed by atoms with Crippen molar-refractivity contribution in [3.8, 4) is 0 Å². The first-order chi connectivity index (χ1) is 6.56. The summed E-state index contributed by atoms with van der Waals surface area (Å²) in [5, 5.41) is 11.0. The topological polar surface area (TPSA) is 79.0 Å². The van der Waals surface area contributed by atoms with Crippen LogP contribution in [0, 0.1) is 0 Å². The van der Waals surface area contributed by atoms with E-state index < -0.39 is 13.1 Å². The van der Waals surface area contributed by atoms with Crippen LogP contribution in [0.1, 0.15) is 0 Å². The van der Waals surface area contributed by atoms with Crippen LogP contribution < -0.4 is 5.84 Å². The van der Waals surface area contributed by atoms with E-state index in [2.05, 4.69) is 4.74 Å². The van der Waals surface area contributed by atoms with Gasteiger partial charge in [-0.3, -0.25) is 10.6 Å². The van der Waals surface area contributed by atoms with E-state index in [4.69, 9.17) is 5.84 Å². The molecule has 7 heteroatoms. The number of hydrazine groups is 1. The number of hydrogen-bond donors (Lipinski definition) is 2. The summed E-state index contributed by atoms with van der Waals surface area (Å²) in [6.07, 6.45) is 0. The van der Waals surface area contributed by atoms with E-state index in [9.17, 15) is 9.82 Å². The molecule has 0 spiro atoms. The Morgan fingerprint density at radius 2 is 2.29 bits per heavy atom. The molecular weight excluding hydrogens is 185 g/mol. The fourth-order valence-corrected chi connectivity index (χ4v) is 1.61. The summed E-state index contributed by atoms with van der Waals surface area (Å²) in [5.41, 5.74) is 0. The van der Waals surface area contributed by atoms with Crippen molar-refractivity contribution in [2.24, 2.45) is 5.84 Å². The zero-order valence-electron chi connectivity index (χ0n) is 8.51. The highest BCUT2D eigenvalue weighted by Gasteiger charge is 2.35. The van der Waals surface area contributed by atoms with E-state index in [1.807, 2.05) is 0 Å². The second-order valence-corrected chi connectivity index (χ2v) is 3.40. The van der Waals surface area contributed by atoms with Gasteiger partial charge in [-0.1, -0.05) is 0 Å². The molecule has 0 bridgehead atoms. The molecule has 0 aromatic heterocycles. The van der Waals surface area contributed by atoms with Crippen LogP contribution in [0.2, 0.25) is 6.82 Å². The molecule has 1 fully saturated rings. The summed E-state index contributed by atoms with van der Waals surface area (Å²) in [6, 6.07) is -0.473. The zero-order valence-corrected chi connectivity index (χ0v) is 8.51. The van der Waals surface area contributed by atoms with Crippen molar-refractivity contribution in [3.05, 3.63) is 0 Å². The van der Waals surface area contributed by atoms with Crippen molar-refractivity contribution in [1.82, 2.24) is 9.82 Å². The maximum atomic E-state index is 11.4. The normalized spacial score (nSPS) is 24.7. The Bertz CT molecular complexity index is 214. The molecule has 6 nitrogen and oxygen atoms in total. The highest BCUT2D eigenvalue weighted by atomic mass is 16.5. The monoisotopic (exact) mass is 201 g/mol. The van der Waals surface area contributed by atoms with Crippen LogP contribution in [0.25, 0.3) is 0 Å². The number of hydrogen-bond acceptors (Lipinski definition) is 6. The van der Waals surface area contributed by atoms with E-state index in [-0.39, 0.29) is 5.97 Å². The Balaban J connectivity index is 2.68. The minimum absolute atomic E-state index is 0.360. The molecule has 80 valence electrons. The molecule has 0 radical (unpaired) electrons. The summed E-state index contributed by atoms with van der Waals surface area (Å²) < 4.78 is 4.64. The predicted molar refractivity (Wildman–Crippen MR) is 52.1 cm³/mol. The van der Waals surface area contributed by atoms with Gasteiger partial charge in [0.15, 0.2) is 0 Å². The molecule has 1 atom stereocenters. The summed E-state index contributed by atoms with van der Waals surface area (Å²) in [4.78, 5) is 13.0. The van der Waals surface area contributed by atoms with E-state index in [1.165, 1.54) is 7.11 Å². The Morgan fingerprint density at radius 3 is 2.79 bits per heavy atom. The van der Waals surface area contributed by atoms with Gasteiger partial charge in [-0.05, 0) is 6.82 Å². The molecular formula is C7H16BN3O3. The van der Waals surface area contributed by atoms with Gasteiger partial charge >= 0.3 is 13.0 Å². The minimum Gasteiger partial charge on any atom is -0.468 e. The van der Waals surface area contributed by atoms with Crippen molar-refractivity contribution < 1.29 is 14.6 Å². The molecule has 1 rings (SSSR count). The molecule has 0 unspecified atom stereocenters. The van der Waals surface area contributed by atoms with Gasteiger partial charge in [0.05, 0.1) is 7.11 Å². The van der Waals surface area contributed by atoms with E-state index in [0.29, 0.717) is 19.6 Å². The van der Waals surface area contributed by atoms with Crippen LogP contribution in [0.4, 0.5) is 0 Å². The van der Waals surface area contributed by atoms with Gasteiger partial charge in [0.25, 0.3) is 0 Å². The molecule has 0 aromatic carbocycles. The smallest absolute Gasteiger partial charge is 0.377 e. The first-order valence-corrected chi connectivity index (χ1v) is 4.57. The molecule has 0 aliphatic carbocycles. The average Bonchev–Trinajstić information content (AvgIpc) is 2.16. The number of carbonyl (C=O) groups is 1. The van der Waals surface area contributed by atoms with Crippen molar-refractivity contribution in [1.29, 1.82) is 0 Å². The summed E-state index contributed by atoms with van der Waals surface area (Å²) in [5.74, 6) is 5.24. The third kappa shape index (κ3) is 2.45. The van der Waals surface area contributed by atoms with Crippen molar-refractivity contribution in [2.75, 3.05) is 26.7 Å². The molecule has 1 aliphatic heterocycles. The van der Waals surface area contributed by atoms with Gasteiger partial charge in [-0.15, -0.1) is 0 Å². The highest BCUT2D eigenvalue weighted by Crippen LogP contribution is 2.09. The SMILES string of the molecule is COC(=O)[C@H]1CN(N)CCN1B(C)O. The van der Waals surface area contributed by atoms with Gasteiger partial charge in [0.1, 0.15) is 6.04 Å². The molecule has 0 saturated carbocycles.